The molecule has 0 aromatic rings. The summed E-state index contributed by atoms with van der Waals surface area (Å²) in [6.07, 6.45) is 5.68. The van der Waals surface area contributed by atoms with Crippen molar-refractivity contribution in [1.82, 2.24) is 5.43 Å². The predicted molar refractivity (Wildman–Crippen MR) is 60.1 cm³/mol. The Kier molecular flexibility index (Phi) is 4.10. The van der Waals surface area contributed by atoms with E-state index in [1.54, 1.807) is 0 Å². The van der Waals surface area contributed by atoms with Gasteiger partial charge in [0.2, 0.25) is 0 Å². The van der Waals surface area contributed by atoms with Crippen LogP contribution < -0.4 is 11.3 Å². The Bertz CT molecular complexity index is 170. The van der Waals surface area contributed by atoms with Crippen LogP contribution in [0.25, 0.3) is 0 Å². The molecule has 1 saturated heterocycles. The minimum absolute atomic E-state index is 0.331. The van der Waals surface area contributed by atoms with Crippen molar-refractivity contribution in [2.75, 3.05) is 18.1 Å². The molecular weight excluding hydrogens is 196 g/mol. The Morgan fingerprint density at radius 3 is 2.93 bits per heavy atom. The molecule has 3 nitrogen and oxygen atoms in total. The van der Waals surface area contributed by atoms with E-state index in [0.717, 1.165) is 24.0 Å². The van der Waals surface area contributed by atoms with Crippen LogP contribution in [0, 0.1) is 5.92 Å². The molecule has 0 radical (unpaired) electrons. The molecule has 1 heterocycles. The minimum Gasteiger partial charge on any atom is -0.375 e. The predicted octanol–water partition coefficient (Wildman–Crippen LogP) is 1.14. The molecule has 0 amide bonds. The maximum Gasteiger partial charge on any atom is 0.0832 e. The van der Waals surface area contributed by atoms with Crippen LogP contribution >= 0.6 is 11.8 Å². The van der Waals surface area contributed by atoms with E-state index in [-0.39, 0.29) is 0 Å². The number of hydrazine groups is 1. The summed E-state index contributed by atoms with van der Waals surface area (Å²) >= 11 is 1.98. The van der Waals surface area contributed by atoms with Gasteiger partial charge in [0.1, 0.15) is 0 Å². The second kappa shape index (κ2) is 5.35. The Balaban J connectivity index is 1.71. The lowest BCUT2D eigenvalue weighted by atomic mass is 10.0. The third kappa shape index (κ3) is 3.12. The van der Waals surface area contributed by atoms with Crippen LogP contribution in [0.2, 0.25) is 0 Å². The number of nitrogens with two attached hydrogens (primary N) is 1. The lowest BCUT2D eigenvalue weighted by Gasteiger charge is -2.29. The summed E-state index contributed by atoms with van der Waals surface area (Å²) in [6.45, 7) is 0.886. The van der Waals surface area contributed by atoms with Gasteiger partial charge in [-0.25, -0.2) is 0 Å². The van der Waals surface area contributed by atoms with Gasteiger partial charge < -0.3 is 4.74 Å². The SMILES string of the molecule is NNC(CCC1CC1)C1CSCCO1. The fraction of sp³-hybridized carbons (Fsp3) is 1.00. The number of nitrogens with one attached hydrogen (secondary N) is 1. The molecule has 0 bridgehead atoms. The summed E-state index contributed by atoms with van der Waals surface area (Å²) in [4.78, 5) is 0. The Morgan fingerprint density at radius 2 is 2.36 bits per heavy atom. The van der Waals surface area contributed by atoms with E-state index in [1.807, 2.05) is 11.8 Å². The summed E-state index contributed by atoms with van der Waals surface area (Å²) in [7, 11) is 0. The molecule has 2 fully saturated rings. The number of thioether (sulfide) groups is 1. The van der Waals surface area contributed by atoms with Crippen molar-refractivity contribution < 1.29 is 4.74 Å². The van der Waals surface area contributed by atoms with E-state index in [4.69, 9.17) is 10.6 Å². The summed E-state index contributed by atoms with van der Waals surface area (Å²) in [5.41, 5.74) is 2.92. The van der Waals surface area contributed by atoms with Crippen molar-refractivity contribution in [3.05, 3.63) is 0 Å². The van der Waals surface area contributed by atoms with Crippen molar-refractivity contribution in [2.45, 2.75) is 37.8 Å². The highest BCUT2D eigenvalue weighted by atomic mass is 32.2. The zero-order valence-electron chi connectivity index (χ0n) is 8.58. The van der Waals surface area contributed by atoms with Crippen molar-refractivity contribution >= 4 is 11.8 Å². The van der Waals surface area contributed by atoms with E-state index in [2.05, 4.69) is 5.43 Å². The average molecular weight is 216 g/mol. The highest BCUT2D eigenvalue weighted by Gasteiger charge is 2.27. The van der Waals surface area contributed by atoms with Crippen LogP contribution in [0.5, 0.6) is 0 Å². The average Bonchev–Trinajstić information content (AvgIpc) is 3.04. The largest absolute Gasteiger partial charge is 0.375 e. The fourth-order valence-electron chi connectivity index (χ4n) is 1.94. The van der Waals surface area contributed by atoms with Gasteiger partial charge in [0.05, 0.1) is 12.7 Å². The molecule has 2 atom stereocenters. The standard InChI is InChI=1S/C10H20N2OS/c11-12-9(4-3-8-1-2-8)10-7-14-6-5-13-10/h8-10,12H,1-7,11H2. The van der Waals surface area contributed by atoms with Crippen molar-refractivity contribution in [3.63, 3.8) is 0 Å². The molecule has 1 aliphatic carbocycles. The monoisotopic (exact) mass is 216 g/mol. The van der Waals surface area contributed by atoms with Gasteiger partial charge in [0.25, 0.3) is 0 Å². The molecule has 2 rings (SSSR count). The van der Waals surface area contributed by atoms with E-state index >= 15 is 0 Å². The van der Waals surface area contributed by atoms with Crippen molar-refractivity contribution in [3.8, 4) is 0 Å². The van der Waals surface area contributed by atoms with E-state index in [9.17, 15) is 0 Å². The zero-order valence-corrected chi connectivity index (χ0v) is 9.39. The molecule has 0 spiro atoms. The first-order valence-electron chi connectivity index (χ1n) is 5.55. The number of ether oxygens (including phenoxy) is 1. The van der Waals surface area contributed by atoms with E-state index < -0.39 is 0 Å². The highest BCUT2D eigenvalue weighted by Crippen LogP contribution is 2.34. The summed E-state index contributed by atoms with van der Waals surface area (Å²) in [5, 5.41) is 0. The van der Waals surface area contributed by atoms with Gasteiger partial charge in [-0.3, -0.25) is 11.3 Å². The molecule has 0 aromatic heterocycles. The van der Waals surface area contributed by atoms with Crippen LogP contribution in [0.3, 0.4) is 0 Å². The first-order valence-corrected chi connectivity index (χ1v) is 6.71. The van der Waals surface area contributed by atoms with Gasteiger partial charge in [-0.15, -0.1) is 0 Å². The van der Waals surface area contributed by atoms with Crippen LogP contribution in [0.1, 0.15) is 25.7 Å². The third-order valence-electron chi connectivity index (χ3n) is 3.09. The smallest absolute Gasteiger partial charge is 0.0832 e. The first kappa shape index (κ1) is 10.7. The molecular formula is C10H20N2OS. The van der Waals surface area contributed by atoms with Crippen molar-refractivity contribution in [2.24, 2.45) is 11.8 Å². The summed E-state index contributed by atoms with van der Waals surface area (Å²) in [6, 6.07) is 0.364. The molecule has 0 aromatic carbocycles. The Hall–Kier alpha value is 0.230. The maximum absolute atomic E-state index is 5.72. The van der Waals surface area contributed by atoms with E-state index in [1.165, 1.54) is 25.7 Å². The van der Waals surface area contributed by atoms with Crippen LogP contribution in [0.15, 0.2) is 0 Å². The van der Waals surface area contributed by atoms with Crippen LogP contribution in [0.4, 0.5) is 0 Å². The van der Waals surface area contributed by atoms with E-state index in [0.29, 0.717) is 12.1 Å². The van der Waals surface area contributed by atoms with Crippen molar-refractivity contribution in [1.29, 1.82) is 0 Å². The first-order chi connectivity index (χ1) is 6.90. The summed E-state index contributed by atoms with van der Waals surface area (Å²) in [5.74, 6) is 8.79. The maximum atomic E-state index is 5.72. The minimum atomic E-state index is 0.331. The van der Waals surface area contributed by atoms with Crippen LogP contribution in [-0.2, 0) is 4.74 Å². The summed E-state index contributed by atoms with van der Waals surface area (Å²) < 4.78 is 5.72. The molecule has 2 aliphatic rings. The van der Waals surface area contributed by atoms with Gasteiger partial charge in [-0.1, -0.05) is 12.8 Å². The Labute approximate surface area is 90.1 Å². The molecule has 14 heavy (non-hydrogen) atoms. The number of rotatable bonds is 5. The van der Waals surface area contributed by atoms with Gasteiger partial charge in [0.15, 0.2) is 0 Å². The Morgan fingerprint density at radius 1 is 1.50 bits per heavy atom. The second-order valence-corrected chi connectivity index (χ2v) is 5.43. The van der Waals surface area contributed by atoms with Gasteiger partial charge in [0, 0.05) is 17.5 Å². The molecule has 3 N–H and O–H groups in total. The van der Waals surface area contributed by atoms with Gasteiger partial charge in [-0.2, -0.15) is 11.8 Å². The number of hydrogen-bond donors (Lipinski definition) is 2. The second-order valence-electron chi connectivity index (χ2n) is 4.28. The third-order valence-corrected chi connectivity index (χ3v) is 4.11. The molecule has 1 saturated carbocycles. The fourth-order valence-corrected chi connectivity index (χ4v) is 2.88. The van der Waals surface area contributed by atoms with Gasteiger partial charge in [-0.05, 0) is 18.8 Å². The lowest BCUT2D eigenvalue weighted by molar-refractivity contribution is 0.0439. The lowest BCUT2D eigenvalue weighted by Crippen LogP contribution is -2.47. The normalized spacial score (nSPS) is 30.2. The molecule has 2 unspecified atom stereocenters. The molecule has 82 valence electrons. The topological polar surface area (TPSA) is 47.3 Å². The van der Waals surface area contributed by atoms with Crippen LogP contribution in [-0.4, -0.2) is 30.3 Å². The van der Waals surface area contributed by atoms with Gasteiger partial charge >= 0.3 is 0 Å². The quantitative estimate of drug-likeness (QED) is 0.534. The molecule has 4 heteroatoms. The number of hydrogen-bond acceptors (Lipinski definition) is 4. The molecule has 1 aliphatic heterocycles. The highest BCUT2D eigenvalue weighted by molar-refractivity contribution is 7.99. The zero-order chi connectivity index (χ0) is 9.80.